The van der Waals surface area contributed by atoms with Crippen molar-refractivity contribution in [3.8, 4) is 5.75 Å². The van der Waals surface area contributed by atoms with Crippen LogP contribution in [0.3, 0.4) is 0 Å². The monoisotopic (exact) mass is 355 g/mol. The van der Waals surface area contributed by atoms with Gasteiger partial charge in [0.2, 0.25) is 0 Å². The number of aromatic nitrogens is 3. The van der Waals surface area contributed by atoms with Gasteiger partial charge in [-0.25, -0.2) is 0 Å². The SMILES string of the molecule is COC(=O)[C@@H](C)Sc1nnc(COc2ccc(Cl)c(C)c2)n1C. The molecule has 124 valence electrons. The number of benzene rings is 1. The Hall–Kier alpha value is -1.73. The molecule has 1 aromatic carbocycles. The zero-order valence-corrected chi connectivity index (χ0v) is 14.9. The van der Waals surface area contributed by atoms with E-state index in [4.69, 9.17) is 21.1 Å². The van der Waals surface area contributed by atoms with Crippen molar-refractivity contribution < 1.29 is 14.3 Å². The van der Waals surface area contributed by atoms with Gasteiger partial charge in [0.1, 0.15) is 17.6 Å². The van der Waals surface area contributed by atoms with Crippen LogP contribution in [0, 0.1) is 6.92 Å². The summed E-state index contributed by atoms with van der Waals surface area (Å²) in [5, 5.41) is 9.16. The Balaban J connectivity index is 2.01. The summed E-state index contributed by atoms with van der Waals surface area (Å²) in [6.07, 6.45) is 0. The van der Waals surface area contributed by atoms with Crippen LogP contribution in [0.2, 0.25) is 5.02 Å². The summed E-state index contributed by atoms with van der Waals surface area (Å²) in [5.41, 5.74) is 0.949. The summed E-state index contributed by atoms with van der Waals surface area (Å²) in [6.45, 7) is 3.95. The molecule has 0 aliphatic rings. The molecule has 0 saturated heterocycles. The number of aryl methyl sites for hydroxylation is 1. The van der Waals surface area contributed by atoms with Crippen molar-refractivity contribution in [3.63, 3.8) is 0 Å². The molecule has 0 saturated carbocycles. The molecular formula is C15H18ClN3O3S. The lowest BCUT2D eigenvalue weighted by molar-refractivity contribution is -0.139. The number of thioether (sulfide) groups is 1. The van der Waals surface area contributed by atoms with E-state index in [1.54, 1.807) is 23.6 Å². The molecule has 2 aromatic rings. The first-order chi connectivity index (χ1) is 10.9. The number of nitrogens with zero attached hydrogens (tertiary/aromatic N) is 3. The number of carbonyl (C=O) groups is 1. The van der Waals surface area contributed by atoms with E-state index in [-0.39, 0.29) is 17.8 Å². The Morgan fingerprint density at radius 1 is 1.43 bits per heavy atom. The van der Waals surface area contributed by atoms with E-state index in [0.29, 0.717) is 21.8 Å². The average Bonchev–Trinajstić information content (AvgIpc) is 2.88. The highest BCUT2D eigenvalue weighted by molar-refractivity contribution is 8.00. The second-order valence-electron chi connectivity index (χ2n) is 4.94. The van der Waals surface area contributed by atoms with E-state index in [9.17, 15) is 4.79 Å². The molecule has 1 aromatic heterocycles. The molecule has 1 heterocycles. The van der Waals surface area contributed by atoms with Gasteiger partial charge in [-0.05, 0) is 37.6 Å². The van der Waals surface area contributed by atoms with Crippen molar-refractivity contribution in [2.24, 2.45) is 7.05 Å². The molecule has 0 unspecified atom stereocenters. The zero-order chi connectivity index (χ0) is 17.0. The van der Waals surface area contributed by atoms with Gasteiger partial charge in [-0.15, -0.1) is 10.2 Å². The molecular weight excluding hydrogens is 338 g/mol. The summed E-state index contributed by atoms with van der Waals surface area (Å²) in [5.74, 6) is 1.08. The Bertz CT molecular complexity index is 705. The third-order valence-corrected chi connectivity index (χ3v) is 4.77. The average molecular weight is 356 g/mol. The molecule has 1 atom stereocenters. The summed E-state index contributed by atoms with van der Waals surface area (Å²) in [6, 6.07) is 5.47. The molecule has 23 heavy (non-hydrogen) atoms. The molecule has 0 spiro atoms. The van der Waals surface area contributed by atoms with Crippen LogP contribution in [-0.2, 0) is 23.2 Å². The number of hydrogen-bond donors (Lipinski definition) is 0. The summed E-state index contributed by atoms with van der Waals surface area (Å²) in [4.78, 5) is 11.5. The minimum absolute atomic E-state index is 0.276. The number of ether oxygens (including phenoxy) is 2. The molecule has 0 radical (unpaired) electrons. The van der Waals surface area contributed by atoms with E-state index in [1.807, 2.05) is 20.0 Å². The predicted molar refractivity (Wildman–Crippen MR) is 88.9 cm³/mol. The van der Waals surface area contributed by atoms with Crippen molar-refractivity contribution in [2.45, 2.75) is 30.9 Å². The molecule has 0 N–H and O–H groups in total. The van der Waals surface area contributed by atoms with E-state index < -0.39 is 0 Å². The van der Waals surface area contributed by atoms with Crippen LogP contribution in [0.4, 0.5) is 0 Å². The van der Waals surface area contributed by atoms with Crippen molar-refractivity contribution in [3.05, 3.63) is 34.6 Å². The van der Waals surface area contributed by atoms with Gasteiger partial charge in [0.05, 0.1) is 7.11 Å². The van der Waals surface area contributed by atoms with Crippen LogP contribution in [0.1, 0.15) is 18.3 Å². The minimum atomic E-state index is -0.351. The van der Waals surface area contributed by atoms with Crippen LogP contribution in [0.15, 0.2) is 23.4 Å². The van der Waals surface area contributed by atoms with E-state index in [2.05, 4.69) is 10.2 Å². The Morgan fingerprint density at radius 3 is 2.83 bits per heavy atom. The third kappa shape index (κ3) is 4.39. The maximum absolute atomic E-state index is 11.5. The number of hydrogen-bond acceptors (Lipinski definition) is 6. The van der Waals surface area contributed by atoms with Gasteiger partial charge < -0.3 is 14.0 Å². The first-order valence-electron chi connectivity index (χ1n) is 6.94. The van der Waals surface area contributed by atoms with Crippen molar-refractivity contribution in [1.29, 1.82) is 0 Å². The van der Waals surface area contributed by atoms with Crippen LogP contribution in [0.25, 0.3) is 0 Å². The fourth-order valence-corrected chi connectivity index (χ4v) is 2.78. The summed E-state index contributed by atoms with van der Waals surface area (Å²) < 4.78 is 12.2. The lowest BCUT2D eigenvalue weighted by Gasteiger charge is -2.09. The third-order valence-electron chi connectivity index (χ3n) is 3.24. The maximum Gasteiger partial charge on any atom is 0.318 e. The molecule has 0 bridgehead atoms. The number of halogens is 1. The molecule has 2 rings (SSSR count). The Morgan fingerprint density at radius 2 is 2.17 bits per heavy atom. The van der Waals surface area contributed by atoms with Crippen molar-refractivity contribution >= 4 is 29.3 Å². The standard InChI is InChI=1S/C15H18ClN3O3S/c1-9-7-11(5-6-12(9)16)22-8-13-17-18-15(19(13)3)23-10(2)14(20)21-4/h5-7,10H,8H2,1-4H3/t10-/m1/s1. The quantitative estimate of drug-likeness (QED) is 0.586. The fourth-order valence-electron chi connectivity index (χ4n) is 1.80. The second-order valence-corrected chi connectivity index (χ2v) is 6.66. The first-order valence-corrected chi connectivity index (χ1v) is 8.19. The van der Waals surface area contributed by atoms with E-state index in [1.165, 1.54) is 18.9 Å². The lowest BCUT2D eigenvalue weighted by Crippen LogP contribution is -2.15. The second kappa shape index (κ2) is 7.70. The normalized spacial score (nSPS) is 12.0. The molecule has 8 heteroatoms. The molecule has 6 nitrogen and oxygen atoms in total. The maximum atomic E-state index is 11.5. The number of methoxy groups -OCH3 is 1. The molecule has 0 aliphatic heterocycles. The van der Waals surface area contributed by atoms with E-state index >= 15 is 0 Å². The van der Waals surface area contributed by atoms with Crippen molar-refractivity contribution in [2.75, 3.05) is 7.11 Å². The largest absolute Gasteiger partial charge is 0.486 e. The Kier molecular flexibility index (Phi) is 5.90. The highest BCUT2D eigenvalue weighted by Crippen LogP contribution is 2.24. The smallest absolute Gasteiger partial charge is 0.318 e. The number of carbonyl (C=O) groups excluding carboxylic acids is 1. The first kappa shape index (κ1) is 17.6. The van der Waals surface area contributed by atoms with Gasteiger partial charge in [0, 0.05) is 12.1 Å². The fraction of sp³-hybridized carbons (Fsp3) is 0.400. The van der Waals surface area contributed by atoms with Gasteiger partial charge >= 0.3 is 5.97 Å². The van der Waals surface area contributed by atoms with Crippen LogP contribution < -0.4 is 4.74 Å². The summed E-state index contributed by atoms with van der Waals surface area (Å²) in [7, 11) is 3.20. The van der Waals surface area contributed by atoms with Gasteiger partial charge in [0.25, 0.3) is 0 Å². The van der Waals surface area contributed by atoms with Crippen LogP contribution in [-0.4, -0.2) is 33.1 Å². The molecule has 0 aliphatic carbocycles. The van der Waals surface area contributed by atoms with Gasteiger partial charge in [-0.3, -0.25) is 4.79 Å². The van der Waals surface area contributed by atoms with Gasteiger partial charge in [-0.2, -0.15) is 0 Å². The minimum Gasteiger partial charge on any atom is -0.486 e. The highest BCUT2D eigenvalue weighted by atomic mass is 35.5. The lowest BCUT2D eigenvalue weighted by atomic mass is 10.2. The Labute approximate surface area is 144 Å². The van der Waals surface area contributed by atoms with Gasteiger partial charge in [0.15, 0.2) is 11.0 Å². The van der Waals surface area contributed by atoms with E-state index in [0.717, 1.165) is 5.56 Å². The van der Waals surface area contributed by atoms with Crippen LogP contribution >= 0.6 is 23.4 Å². The topological polar surface area (TPSA) is 66.2 Å². The molecule has 0 amide bonds. The number of esters is 1. The zero-order valence-electron chi connectivity index (χ0n) is 13.4. The summed E-state index contributed by atoms with van der Waals surface area (Å²) >= 11 is 7.28. The van der Waals surface area contributed by atoms with Crippen molar-refractivity contribution in [1.82, 2.24) is 14.8 Å². The number of rotatable bonds is 6. The predicted octanol–water partition coefficient (Wildman–Crippen LogP) is 3.01. The molecule has 0 fully saturated rings. The van der Waals surface area contributed by atoms with Gasteiger partial charge in [-0.1, -0.05) is 23.4 Å². The highest BCUT2D eigenvalue weighted by Gasteiger charge is 2.19. The van der Waals surface area contributed by atoms with Crippen LogP contribution in [0.5, 0.6) is 5.75 Å².